The molecule has 0 spiro atoms. The fourth-order valence-corrected chi connectivity index (χ4v) is 3.64. The first kappa shape index (κ1) is 22.5. The topological polar surface area (TPSA) is 103 Å². The van der Waals surface area contributed by atoms with Gasteiger partial charge in [-0.05, 0) is 61.0 Å². The number of carbonyl (C=O) groups excluding carboxylic acids is 2. The number of benzene rings is 2. The number of hydrazine groups is 1. The van der Waals surface area contributed by atoms with Gasteiger partial charge in [0.15, 0.2) is 0 Å². The van der Waals surface area contributed by atoms with E-state index in [2.05, 4.69) is 10.6 Å². The van der Waals surface area contributed by atoms with E-state index in [0.29, 0.717) is 23.0 Å². The highest BCUT2D eigenvalue weighted by Gasteiger charge is 2.42. The monoisotopic (exact) mass is 468 g/mol. The van der Waals surface area contributed by atoms with Crippen LogP contribution < -0.4 is 21.2 Å². The second kappa shape index (κ2) is 9.85. The van der Waals surface area contributed by atoms with Crippen LogP contribution in [0.3, 0.4) is 0 Å². The minimum Gasteiger partial charge on any atom is -0.458 e. The van der Waals surface area contributed by atoms with E-state index in [-0.39, 0.29) is 13.1 Å². The van der Waals surface area contributed by atoms with Crippen molar-refractivity contribution >= 4 is 29.4 Å². The Kier molecular flexibility index (Phi) is 6.71. The number of hydrogen-bond acceptors (Lipinski definition) is 6. The van der Waals surface area contributed by atoms with Crippen molar-refractivity contribution in [3.63, 3.8) is 0 Å². The Labute approximate surface area is 197 Å². The minimum absolute atomic E-state index is 0.209. The molecule has 4 N–H and O–H groups in total. The van der Waals surface area contributed by atoms with Crippen molar-refractivity contribution in [2.75, 3.05) is 18.4 Å². The molecule has 2 heterocycles. The molecule has 4 amide bonds. The maximum Gasteiger partial charge on any atom is 0.345 e. The molecule has 1 saturated heterocycles. The van der Waals surface area contributed by atoms with Crippen LogP contribution in [0.5, 0.6) is 5.75 Å². The average molecular weight is 469 g/mol. The summed E-state index contributed by atoms with van der Waals surface area (Å²) in [4.78, 5) is 28.4. The van der Waals surface area contributed by atoms with Crippen LogP contribution in [0.1, 0.15) is 12.5 Å². The van der Waals surface area contributed by atoms with Gasteiger partial charge >= 0.3 is 12.1 Å². The van der Waals surface area contributed by atoms with Gasteiger partial charge in [0.2, 0.25) is 6.29 Å². The molecule has 33 heavy (non-hydrogen) atoms. The lowest BCUT2D eigenvalue weighted by Gasteiger charge is -2.45. The van der Waals surface area contributed by atoms with Crippen molar-refractivity contribution in [2.45, 2.75) is 19.8 Å². The predicted octanol–water partition coefficient (Wildman–Crippen LogP) is 3.67. The number of allylic oxidation sites excluding steroid dienone is 1. The third-order valence-corrected chi connectivity index (χ3v) is 5.49. The second-order valence-corrected chi connectivity index (χ2v) is 7.90. The summed E-state index contributed by atoms with van der Waals surface area (Å²) in [6.07, 6.45) is 4.72. The molecule has 0 radical (unpaired) electrons. The number of imide groups is 1. The van der Waals surface area contributed by atoms with Crippen LogP contribution in [0.2, 0.25) is 5.02 Å². The number of urea groups is 2. The normalized spacial score (nSPS) is 18.2. The van der Waals surface area contributed by atoms with Gasteiger partial charge in [-0.1, -0.05) is 23.7 Å². The zero-order chi connectivity index (χ0) is 23.4. The van der Waals surface area contributed by atoms with E-state index in [4.69, 9.17) is 22.2 Å². The van der Waals surface area contributed by atoms with Crippen molar-refractivity contribution in [1.82, 2.24) is 20.1 Å². The molecule has 2 aromatic carbocycles. The summed E-state index contributed by atoms with van der Waals surface area (Å²) >= 11 is 5.99. The molecule has 0 saturated carbocycles. The van der Waals surface area contributed by atoms with Gasteiger partial charge in [-0.15, -0.1) is 0 Å². The standard InChI is InChI=1S/C23H25ClN6O3/c1-2-28-22(31)29(15-16-3-5-17(24)6-4-16)21(30(25)23(28)32)27-18-7-9-19(10-8-18)33-20-11-13-26-14-12-20/h3-13,21,26-27H,2,14-15,25H2,1H3. The molecule has 1 unspecified atom stereocenters. The molecule has 2 aliphatic heterocycles. The molecule has 4 rings (SSSR count). The number of rotatable bonds is 7. The van der Waals surface area contributed by atoms with E-state index in [1.807, 2.05) is 30.5 Å². The average Bonchev–Trinajstić information content (AvgIpc) is 2.83. The molecular formula is C23H25ClN6O3. The molecule has 0 aliphatic carbocycles. The maximum atomic E-state index is 13.1. The number of nitrogens with zero attached hydrogens (tertiary/aromatic N) is 3. The van der Waals surface area contributed by atoms with Crippen LogP contribution >= 0.6 is 11.6 Å². The molecule has 2 aromatic rings. The van der Waals surface area contributed by atoms with Crippen LogP contribution in [0.4, 0.5) is 15.3 Å². The number of amides is 4. The van der Waals surface area contributed by atoms with E-state index < -0.39 is 18.4 Å². The SMILES string of the molecule is CCN1C(=O)N(N)C(Nc2ccc(OC3=CCNC=C3)cc2)N(Cc2ccc(Cl)cc2)C1=O. The number of ether oxygens (including phenoxy) is 1. The number of carbonyl (C=O) groups is 2. The van der Waals surface area contributed by atoms with E-state index in [9.17, 15) is 9.59 Å². The number of dihydropyridines is 1. The molecule has 0 aromatic heterocycles. The van der Waals surface area contributed by atoms with Gasteiger partial charge in [0, 0.05) is 30.0 Å². The first-order valence-electron chi connectivity index (χ1n) is 10.5. The maximum absolute atomic E-state index is 13.1. The zero-order valence-corrected chi connectivity index (χ0v) is 18.8. The molecule has 9 nitrogen and oxygen atoms in total. The number of halogens is 1. The van der Waals surface area contributed by atoms with Crippen molar-refractivity contribution < 1.29 is 14.3 Å². The van der Waals surface area contributed by atoms with Gasteiger partial charge in [-0.2, -0.15) is 0 Å². The summed E-state index contributed by atoms with van der Waals surface area (Å²) in [6.45, 7) is 2.88. The molecule has 1 fully saturated rings. The van der Waals surface area contributed by atoms with Gasteiger partial charge < -0.3 is 15.4 Å². The predicted molar refractivity (Wildman–Crippen MR) is 126 cm³/mol. The lowest BCUT2D eigenvalue weighted by Crippen LogP contribution is -2.70. The molecule has 2 aliphatic rings. The minimum atomic E-state index is -0.884. The quantitative estimate of drug-likeness (QED) is 0.423. The third-order valence-electron chi connectivity index (χ3n) is 5.24. The summed E-state index contributed by atoms with van der Waals surface area (Å²) in [5.41, 5.74) is 1.52. The Bertz CT molecular complexity index is 1070. The molecule has 1 atom stereocenters. The van der Waals surface area contributed by atoms with Gasteiger partial charge in [-0.3, -0.25) is 4.90 Å². The molecule has 0 bridgehead atoms. The van der Waals surface area contributed by atoms with Gasteiger partial charge in [-0.25, -0.2) is 25.3 Å². The Morgan fingerprint density at radius 1 is 1.12 bits per heavy atom. The summed E-state index contributed by atoms with van der Waals surface area (Å²) in [6, 6.07) is 13.4. The summed E-state index contributed by atoms with van der Waals surface area (Å²) in [5.74, 6) is 7.55. The van der Waals surface area contributed by atoms with Gasteiger partial charge in [0.25, 0.3) is 0 Å². The lowest BCUT2D eigenvalue weighted by atomic mass is 10.2. The van der Waals surface area contributed by atoms with Crippen LogP contribution in [0.25, 0.3) is 0 Å². The number of hydrogen-bond donors (Lipinski definition) is 3. The van der Waals surface area contributed by atoms with Crippen LogP contribution in [0, 0.1) is 0 Å². The van der Waals surface area contributed by atoms with E-state index in [1.54, 1.807) is 43.3 Å². The van der Waals surface area contributed by atoms with Crippen molar-refractivity contribution in [3.05, 3.63) is 83.2 Å². The van der Waals surface area contributed by atoms with Gasteiger partial charge in [0.1, 0.15) is 11.5 Å². The Morgan fingerprint density at radius 3 is 2.48 bits per heavy atom. The fourth-order valence-electron chi connectivity index (χ4n) is 3.51. The number of anilines is 1. The van der Waals surface area contributed by atoms with Crippen molar-refractivity contribution in [3.8, 4) is 5.75 Å². The Hall–Kier alpha value is -3.69. The summed E-state index contributed by atoms with van der Waals surface area (Å²) < 4.78 is 5.83. The molecular weight excluding hydrogens is 444 g/mol. The molecule has 10 heteroatoms. The van der Waals surface area contributed by atoms with E-state index in [0.717, 1.165) is 21.2 Å². The lowest BCUT2D eigenvalue weighted by molar-refractivity contribution is 0.0390. The van der Waals surface area contributed by atoms with Crippen molar-refractivity contribution in [2.24, 2.45) is 5.84 Å². The Morgan fingerprint density at radius 2 is 1.85 bits per heavy atom. The molecule has 172 valence electrons. The van der Waals surface area contributed by atoms with Crippen LogP contribution in [-0.4, -0.2) is 46.3 Å². The first-order valence-corrected chi connectivity index (χ1v) is 10.9. The second-order valence-electron chi connectivity index (χ2n) is 7.46. The van der Waals surface area contributed by atoms with Gasteiger partial charge in [0.05, 0.1) is 6.54 Å². The number of nitrogens with one attached hydrogen (secondary N) is 2. The fraction of sp³-hybridized carbons (Fsp3) is 0.217. The Balaban J connectivity index is 1.54. The largest absolute Gasteiger partial charge is 0.458 e. The number of nitrogens with two attached hydrogens (primary N) is 1. The smallest absolute Gasteiger partial charge is 0.345 e. The highest BCUT2D eigenvalue weighted by Crippen LogP contribution is 2.24. The first-order chi connectivity index (χ1) is 16.0. The van der Waals surface area contributed by atoms with E-state index >= 15 is 0 Å². The highest BCUT2D eigenvalue weighted by atomic mass is 35.5. The highest BCUT2D eigenvalue weighted by molar-refractivity contribution is 6.30. The van der Waals surface area contributed by atoms with E-state index in [1.165, 1.54) is 4.90 Å². The van der Waals surface area contributed by atoms with Crippen molar-refractivity contribution in [1.29, 1.82) is 0 Å². The van der Waals surface area contributed by atoms with Crippen LogP contribution in [-0.2, 0) is 6.54 Å². The summed E-state index contributed by atoms with van der Waals surface area (Å²) in [7, 11) is 0. The zero-order valence-electron chi connectivity index (χ0n) is 18.1. The van der Waals surface area contributed by atoms with Crippen LogP contribution in [0.15, 0.2) is 72.6 Å². The third kappa shape index (κ3) is 5.05. The summed E-state index contributed by atoms with van der Waals surface area (Å²) in [5, 5.41) is 7.87.